The maximum atomic E-state index is 13.2. The number of ether oxygens (including phenoxy) is 1. The van der Waals surface area contributed by atoms with Crippen molar-refractivity contribution in [2.75, 3.05) is 33.0 Å². The lowest BCUT2D eigenvalue weighted by Gasteiger charge is -2.47. The summed E-state index contributed by atoms with van der Waals surface area (Å²) in [5.74, 6) is -1.61. The lowest BCUT2D eigenvalue weighted by atomic mass is 9.77. The molecule has 2 fully saturated rings. The number of nitrogens with one attached hydrogen (secondary N) is 1. The molecule has 2 aliphatic heterocycles. The zero-order valence-corrected chi connectivity index (χ0v) is 18.2. The Morgan fingerprint density at radius 2 is 1.79 bits per heavy atom. The van der Waals surface area contributed by atoms with Gasteiger partial charge in [-0.2, -0.15) is 8.78 Å². The van der Waals surface area contributed by atoms with Crippen molar-refractivity contribution in [1.82, 2.24) is 15.2 Å². The number of hydrogen-bond acceptors (Lipinski definition) is 5. The summed E-state index contributed by atoms with van der Waals surface area (Å²) in [5, 5.41) is 12.1. The van der Waals surface area contributed by atoms with Gasteiger partial charge in [0.15, 0.2) is 0 Å². The van der Waals surface area contributed by atoms with E-state index < -0.39 is 31.2 Å². The van der Waals surface area contributed by atoms with Gasteiger partial charge in [-0.3, -0.25) is 14.7 Å². The Morgan fingerprint density at radius 3 is 2.30 bits per heavy atom. The maximum absolute atomic E-state index is 13.2. The van der Waals surface area contributed by atoms with Gasteiger partial charge in [-0.15, -0.1) is 0 Å². The Bertz CT molecular complexity index is 926. The average molecular weight is 464 g/mol. The van der Waals surface area contributed by atoms with Crippen LogP contribution in [-0.2, 0) is 16.1 Å². The molecule has 33 heavy (non-hydrogen) atoms. The summed E-state index contributed by atoms with van der Waals surface area (Å²) in [6, 6.07) is 9.17. The highest BCUT2D eigenvalue weighted by Gasteiger charge is 2.41. The number of aliphatic hydroxyl groups excluding tert-OH is 1. The minimum atomic E-state index is -3.27. The summed E-state index contributed by atoms with van der Waals surface area (Å²) < 4.78 is 43.4. The fraction of sp³-hybridized carbons (Fsp3) is 0.500. The second kappa shape index (κ2) is 10.2. The van der Waals surface area contributed by atoms with Crippen LogP contribution in [0.25, 0.3) is 11.1 Å². The van der Waals surface area contributed by atoms with Gasteiger partial charge in [0.25, 0.3) is 5.91 Å². The Labute approximate surface area is 190 Å². The van der Waals surface area contributed by atoms with Crippen molar-refractivity contribution in [2.45, 2.75) is 38.0 Å². The van der Waals surface area contributed by atoms with Gasteiger partial charge in [-0.05, 0) is 43.1 Å². The van der Waals surface area contributed by atoms with Crippen LogP contribution >= 0.6 is 0 Å². The first kappa shape index (κ1) is 23.7. The zero-order valence-electron chi connectivity index (χ0n) is 18.2. The van der Waals surface area contributed by atoms with E-state index in [9.17, 15) is 23.1 Å². The van der Waals surface area contributed by atoms with E-state index in [0.29, 0.717) is 11.0 Å². The number of aliphatic hydroxyl groups is 1. The Kier molecular flexibility index (Phi) is 7.31. The Hall–Kier alpha value is -2.49. The number of pyridine rings is 1. The van der Waals surface area contributed by atoms with E-state index in [1.54, 1.807) is 30.5 Å². The fourth-order valence-electron chi connectivity index (χ4n) is 4.34. The summed E-state index contributed by atoms with van der Waals surface area (Å²) >= 11 is 0. The van der Waals surface area contributed by atoms with E-state index in [4.69, 9.17) is 4.74 Å². The van der Waals surface area contributed by atoms with Crippen LogP contribution in [0.15, 0.2) is 42.6 Å². The van der Waals surface area contributed by atoms with Crippen LogP contribution in [0, 0.1) is 5.41 Å². The van der Waals surface area contributed by atoms with Gasteiger partial charge in [0.05, 0.1) is 24.9 Å². The molecule has 0 aliphatic carbocycles. The van der Waals surface area contributed by atoms with E-state index >= 15 is 0 Å². The normalized spacial score (nSPS) is 19.8. The summed E-state index contributed by atoms with van der Waals surface area (Å²) in [6.45, 7) is 3.52. The van der Waals surface area contributed by atoms with E-state index in [1.165, 1.54) is 12.8 Å². The third-order valence-electron chi connectivity index (χ3n) is 6.60. The number of amides is 1. The highest BCUT2D eigenvalue weighted by molar-refractivity contribution is 5.79. The van der Waals surface area contributed by atoms with Crippen LogP contribution in [0.1, 0.15) is 30.2 Å². The highest BCUT2D eigenvalue weighted by Crippen LogP contribution is 2.38. The molecule has 1 spiro atoms. The molecular weight excluding hydrogens is 435 g/mol. The number of halogens is 3. The molecule has 0 bridgehead atoms. The number of carbonyl (C=O) groups is 1. The van der Waals surface area contributed by atoms with Crippen molar-refractivity contribution in [3.63, 3.8) is 0 Å². The predicted molar refractivity (Wildman–Crippen MR) is 116 cm³/mol. The van der Waals surface area contributed by atoms with Crippen LogP contribution in [0.3, 0.4) is 0 Å². The maximum Gasteiger partial charge on any atom is 0.315 e. The molecule has 2 aliphatic rings. The summed E-state index contributed by atoms with van der Waals surface area (Å²) in [6.07, 6.45) is -0.592. The number of alkyl halides is 3. The average Bonchev–Trinajstić information content (AvgIpc) is 2.82. The molecule has 2 atom stereocenters. The summed E-state index contributed by atoms with van der Waals surface area (Å²) in [4.78, 5) is 18.1. The number of piperidine rings is 1. The van der Waals surface area contributed by atoms with Crippen molar-refractivity contribution in [3.8, 4) is 11.1 Å². The molecule has 3 heterocycles. The molecule has 1 aromatic carbocycles. The number of hydrogen-bond donors (Lipinski definition) is 2. The topological polar surface area (TPSA) is 74.7 Å². The van der Waals surface area contributed by atoms with Gasteiger partial charge < -0.3 is 15.2 Å². The van der Waals surface area contributed by atoms with Crippen molar-refractivity contribution >= 4 is 5.91 Å². The predicted octanol–water partition coefficient (Wildman–Crippen LogP) is 3.11. The molecule has 6 nitrogen and oxygen atoms in total. The minimum absolute atomic E-state index is 0.320. The molecule has 178 valence electrons. The number of carbonyl (C=O) groups excluding carboxylic acids is 1. The number of nitrogens with zero attached hydrogens (tertiary/aromatic N) is 2. The zero-order chi connectivity index (χ0) is 23.4. The first-order valence-electron chi connectivity index (χ1n) is 11.1. The number of aromatic nitrogens is 1. The molecule has 4 rings (SSSR count). The molecule has 2 saturated heterocycles. The molecule has 0 unspecified atom stereocenters. The lowest BCUT2D eigenvalue weighted by Crippen LogP contribution is -2.50. The van der Waals surface area contributed by atoms with E-state index in [1.807, 2.05) is 17.4 Å². The van der Waals surface area contributed by atoms with Gasteiger partial charge in [0.1, 0.15) is 12.8 Å². The molecule has 0 saturated carbocycles. The van der Waals surface area contributed by atoms with Crippen molar-refractivity contribution in [1.29, 1.82) is 0 Å². The summed E-state index contributed by atoms with van der Waals surface area (Å²) in [7, 11) is 0. The van der Waals surface area contributed by atoms with Crippen LogP contribution in [0.5, 0.6) is 0 Å². The van der Waals surface area contributed by atoms with Crippen LogP contribution < -0.4 is 5.32 Å². The van der Waals surface area contributed by atoms with Gasteiger partial charge in [0, 0.05) is 23.7 Å². The second-order valence-electron chi connectivity index (χ2n) is 8.94. The first-order valence-corrected chi connectivity index (χ1v) is 11.1. The fourth-order valence-corrected chi connectivity index (χ4v) is 4.34. The molecular formula is C24H28F3N3O3. The van der Waals surface area contributed by atoms with Crippen molar-refractivity contribution in [2.24, 2.45) is 5.41 Å². The quantitative estimate of drug-likeness (QED) is 0.629. The number of benzene rings is 1. The Morgan fingerprint density at radius 1 is 1.12 bits per heavy atom. The monoisotopic (exact) mass is 463 g/mol. The Balaban J connectivity index is 1.34. The molecule has 1 aromatic heterocycles. The minimum Gasteiger partial charge on any atom is -0.386 e. The number of rotatable bonds is 8. The van der Waals surface area contributed by atoms with Crippen LogP contribution in [0.4, 0.5) is 13.2 Å². The van der Waals surface area contributed by atoms with Crippen LogP contribution in [0.2, 0.25) is 0 Å². The summed E-state index contributed by atoms with van der Waals surface area (Å²) in [5.41, 5.74) is 3.46. The van der Waals surface area contributed by atoms with Gasteiger partial charge in [-0.25, -0.2) is 4.39 Å². The molecule has 0 radical (unpaired) electrons. The molecule has 1 amide bonds. The van der Waals surface area contributed by atoms with Gasteiger partial charge in [-0.1, -0.05) is 30.3 Å². The lowest BCUT2D eigenvalue weighted by molar-refractivity contribution is -0.140. The third-order valence-corrected chi connectivity index (χ3v) is 6.60. The largest absolute Gasteiger partial charge is 0.386 e. The van der Waals surface area contributed by atoms with Crippen LogP contribution in [-0.4, -0.2) is 66.3 Å². The molecule has 2 N–H and O–H groups in total. The number of likely N-dealkylation sites (tertiary alicyclic amines) is 1. The smallest absolute Gasteiger partial charge is 0.315 e. The SMILES string of the molecule is O=C(N[C@H](CF)[C@H](O)c1ccc(-c2ccc(CN3CCC4(CC3)COC4)nc2)cc1)C(F)F. The second-order valence-corrected chi connectivity index (χ2v) is 8.94. The van der Waals surface area contributed by atoms with Gasteiger partial charge >= 0.3 is 6.43 Å². The van der Waals surface area contributed by atoms with Crippen molar-refractivity contribution in [3.05, 3.63) is 53.9 Å². The standard InChI is InChI=1S/C24H28F3N3O3/c25-11-20(29-23(32)22(26)27)21(31)17-3-1-16(2-4-17)18-5-6-19(28-12-18)13-30-9-7-24(8-10-30)14-33-15-24/h1-6,12,20-22,31H,7-11,13-15H2,(H,29,32)/t20-,21-/m1/s1. The van der Waals surface area contributed by atoms with E-state index in [0.717, 1.165) is 49.7 Å². The van der Waals surface area contributed by atoms with E-state index in [2.05, 4.69) is 9.88 Å². The first-order chi connectivity index (χ1) is 15.9. The highest BCUT2D eigenvalue weighted by atomic mass is 19.3. The van der Waals surface area contributed by atoms with Gasteiger partial charge in [0.2, 0.25) is 0 Å². The van der Waals surface area contributed by atoms with E-state index in [-0.39, 0.29) is 0 Å². The van der Waals surface area contributed by atoms with Crippen molar-refractivity contribution < 1.29 is 27.8 Å². The third kappa shape index (κ3) is 5.54. The molecule has 2 aromatic rings. The molecule has 9 heteroatoms.